The van der Waals surface area contributed by atoms with Crippen LogP contribution in [0, 0.1) is 0 Å². The lowest BCUT2D eigenvalue weighted by atomic mass is 10.2. The summed E-state index contributed by atoms with van der Waals surface area (Å²) in [5.74, 6) is 0.725. The maximum absolute atomic E-state index is 6.16. The number of nitrogens with one attached hydrogen (secondary N) is 2. The Morgan fingerprint density at radius 3 is 2.84 bits per heavy atom. The van der Waals surface area contributed by atoms with Gasteiger partial charge >= 0.3 is 0 Å². The normalized spacial score (nSPS) is 13.2. The molecule has 1 aromatic carbocycles. The summed E-state index contributed by atoms with van der Waals surface area (Å²) < 4.78 is 6.04. The maximum atomic E-state index is 6.16. The van der Waals surface area contributed by atoms with Gasteiger partial charge in [-0.1, -0.05) is 33.6 Å². The van der Waals surface area contributed by atoms with Gasteiger partial charge in [-0.05, 0) is 24.6 Å². The highest BCUT2D eigenvalue weighted by molar-refractivity contribution is 9.10. The van der Waals surface area contributed by atoms with Gasteiger partial charge in [-0.3, -0.25) is 4.99 Å². The molecule has 0 bridgehead atoms. The molecule has 0 saturated carbocycles. The minimum atomic E-state index is 0.191. The number of benzene rings is 1. The molecule has 1 unspecified atom stereocenters. The standard InChI is InChI=1S/C13H19BrClN3O/c1-9(8-19-3)18-13(16-2)17-7-10-4-5-11(14)6-12(10)15/h4-6,9H,7-8H2,1-3H3,(H2,16,17,18). The van der Waals surface area contributed by atoms with E-state index in [1.165, 1.54) is 0 Å². The van der Waals surface area contributed by atoms with Crippen molar-refractivity contribution in [2.24, 2.45) is 4.99 Å². The van der Waals surface area contributed by atoms with E-state index in [2.05, 4.69) is 31.6 Å². The van der Waals surface area contributed by atoms with Crippen molar-refractivity contribution >= 4 is 33.5 Å². The molecule has 0 fully saturated rings. The second-order valence-corrected chi connectivity index (χ2v) is 5.49. The molecule has 1 atom stereocenters. The van der Waals surface area contributed by atoms with E-state index in [1.807, 2.05) is 25.1 Å². The van der Waals surface area contributed by atoms with E-state index in [-0.39, 0.29) is 6.04 Å². The minimum absolute atomic E-state index is 0.191. The van der Waals surface area contributed by atoms with Crippen molar-refractivity contribution in [3.05, 3.63) is 33.3 Å². The van der Waals surface area contributed by atoms with Crippen LogP contribution in [0.1, 0.15) is 12.5 Å². The highest BCUT2D eigenvalue weighted by Crippen LogP contribution is 2.21. The number of rotatable bonds is 5. The topological polar surface area (TPSA) is 45.7 Å². The molecule has 0 aliphatic rings. The third-order valence-corrected chi connectivity index (χ3v) is 3.33. The Morgan fingerprint density at radius 2 is 2.26 bits per heavy atom. The zero-order valence-corrected chi connectivity index (χ0v) is 13.7. The van der Waals surface area contributed by atoms with Gasteiger partial charge in [-0.15, -0.1) is 0 Å². The van der Waals surface area contributed by atoms with Gasteiger partial charge in [0.1, 0.15) is 0 Å². The van der Waals surface area contributed by atoms with Crippen molar-refractivity contribution in [1.29, 1.82) is 0 Å². The molecule has 0 radical (unpaired) electrons. The summed E-state index contributed by atoms with van der Waals surface area (Å²) in [6, 6.07) is 6.01. The monoisotopic (exact) mass is 347 g/mol. The van der Waals surface area contributed by atoms with Gasteiger partial charge in [0.25, 0.3) is 0 Å². The second-order valence-electron chi connectivity index (χ2n) is 4.16. The first-order valence-electron chi connectivity index (χ1n) is 5.97. The number of halogens is 2. The third-order valence-electron chi connectivity index (χ3n) is 2.48. The number of ether oxygens (including phenoxy) is 1. The lowest BCUT2D eigenvalue weighted by molar-refractivity contribution is 0.179. The SMILES string of the molecule is CN=C(NCc1ccc(Br)cc1Cl)NC(C)COC. The van der Waals surface area contributed by atoms with Crippen LogP contribution in [0.2, 0.25) is 5.02 Å². The fourth-order valence-electron chi connectivity index (χ4n) is 1.56. The molecular weight excluding hydrogens is 330 g/mol. The highest BCUT2D eigenvalue weighted by atomic mass is 79.9. The summed E-state index contributed by atoms with van der Waals surface area (Å²) in [5, 5.41) is 7.17. The summed E-state index contributed by atoms with van der Waals surface area (Å²) in [6.45, 7) is 3.27. The van der Waals surface area contributed by atoms with Crippen LogP contribution in [0.3, 0.4) is 0 Å². The predicted octanol–water partition coefficient (Wildman–Crippen LogP) is 2.80. The number of nitrogens with zero attached hydrogens (tertiary/aromatic N) is 1. The van der Waals surface area contributed by atoms with E-state index in [0.717, 1.165) is 21.0 Å². The third kappa shape index (κ3) is 5.80. The Hall–Kier alpha value is -0.780. The molecule has 0 saturated heterocycles. The first kappa shape index (κ1) is 16.3. The molecule has 0 aliphatic heterocycles. The lowest BCUT2D eigenvalue weighted by Gasteiger charge is -2.17. The Morgan fingerprint density at radius 1 is 1.53 bits per heavy atom. The smallest absolute Gasteiger partial charge is 0.191 e. The molecular formula is C13H19BrClN3O. The number of guanidine groups is 1. The summed E-state index contributed by atoms with van der Waals surface area (Å²) in [6.07, 6.45) is 0. The molecule has 19 heavy (non-hydrogen) atoms. The lowest BCUT2D eigenvalue weighted by Crippen LogP contribution is -2.43. The molecule has 2 N–H and O–H groups in total. The Labute approximate surface area is 127 Å². The van der Waals surface area contributed by atoms with Crippen LogP contribution < -0.4 is 10.6 Å². The van der Waals surface area contributed by atoms with Gasteiger partial charge in [0.15, 0.2) is 5.96 Å². The van der Waals surface area contributed by atoms with Gasteiger partial charge in [0.2, 0.25) is 0 Å². The second kappa shape index (κ2) is 8.40. The van der Waals surface area contributed by atoms with Crippen molar-refractivity contribution in [3.8, 4) is 0 Å². The molecule has 1 rings (SSSR count). The average molecular weight is 349 g/mol. The Kier molecular flexibility index (Phi) is 7.20. The first-order chi connectivity index (χ1) is 9.06. The van der Waals surface area contributed by atoms with Crippen molar-refractivity contribution in [1.82, 2.24) is 10.6 Å². The van der Waals surface area contributed by atoms with Crippen molar-refractivity contribution in [2.75, 3.05) is 20.8 Å². The van der Waals surface area contributed by atoms with E-state index in [1.54, 1.807) is 14.2 Å². The van der Waals surface area contributed by atoms with Gasteiger partial charge in [-0.25, -0.2) is 0 Å². The zero-order valence-electron chi connectivity index (χ0n) is 11.3. The molecule has 0 spiro atoms. The van der Waals surface area contributed by atoms with Crippen molar-refractivity contribution in [2.45, 2.75) is 19.5 Å². The molecule has 6 heteroatoms. The van der Waals surface area contributed by atoms with Crippen molar-refractivity contribution < 1.29 is 4.74 Å². The van der Waals surface area contributed by atoms with Gasteiger partial charge < -0.3 is 15.4 Å². The molecule has 0 amide bonds. The largest absolute Gasteiger partial charge is 0.383 e. The average Bonchev–Trinajstić information content (AvgIpc) is 2.36. The summed E-state index contributed by atoms with van der Waals surface area (Å²) in [5.41, 5.74) is 1.02. The van der Waals surface area contributed by atoms with E-state index in [0.29, 0.717) is 13.2 Å². The number of methoxy groups -OCH3 is 1. The van der Waals surface area contributed by atoms with Crippen LogP contribution in [-0.2, 0) is 11.3 Å². The summed E-state index contributed by atoms with van der Waals surface area (Å²) >= 11 is 9.55. The highest BCUT2D eigenvalue weighted by Gasteiger charge is 2.06. The molecule has 1 aromatic rings. The first-order valence-corrected chi connectivity index (χ1v) is 7.14. The van der Waals surface area contributed by atoms with Crippen LogP contribution in [0.5, 0.6) is 0 Å². The van der Waals surface area contributed by atoms with E-state index in [4.69, 9.17) is 16.3 Å². The van der Waals surface area contributed by atoms with Crippen LogP contribution in [-0.4, -0.2) is 32.8 Å². The van der Waals surface area contributed by atoms with Crippen molar-refractivity contribution in [3.63, 3.8) is 0 Å². The van der Waals surface area contributed by atoms with Gasteiger partial charge in [-0.2, -0.15) is 0 Å². The summed E-state index contributed by atoms with van der Waals surface area (Å²) in [7, 11) is 3.41. The van der Waals surface area contributed by atoms with Gasteiger partial charge in [0, 0.05) is 36.2 Å². The number of aliphatic imine (C=N–C) groups is 1. The fourth-order valence-corrected chi connectivity index (χ4v) is 2.30. The van der Waals surface area contributed by atoms with E-state index in [9.17, 15) is 0 Å². The summed E-state index contributed by atoms with van der Waals surface area (Å²) in [4.78, 5) is 4.16. The Balaban J connectivity index is 2.54. The maximum Gasteiger partial charge on any atom is 0.191 e. The molecule has 0 heterocycles. The molecule has 106 valence electrons. The van der Waals surface area contributed by atoms with E-state index >= 15 is 0 Å². The minimum Gasteiger partial charge on any atom is -0.383 e. The van der Waals surface area contributed by atoms with E-state index < -0.39 is 0 Å². The number of hydrogen-bond acceptors (Lipinski definition) is 2. The van der Waals surface area contributed by atoms with Crippen LogP contribution in [0.25, 0.3) is 0 Å². The zero-order chi connectivity index (χ0) is 14.3. The quantitative estimate of drug-likeness (QED) is 0.635. The van der Waals surface area contributed by atoms with Crippen LogP contribution in [0.4, 0.5) is 0 Å². The number of hydrogen-bond donors (Lipinski definition) is 2. The Bertz CT molecular complexity index is 440. The van der Waals surface area contributed by atoms with Crippen LogP contribution >= 0.6 is 27.5 Å². The molecule has 4 nitrogen and oxygen atoms in total. The van der Waals surface area contributed by atoms with Gasteiger partial charge in [0.05, 0.1) is 6.61 Å². The fraction of sp³-hybridized carbons (Fsp3) is 0.462. The molecule has 0 aliphatic carbocycles. The predicted molar refractivity (Wildman–Crippen MR) is 83.8 cm³/mol. The molecule has 0 aromatic heterocycles. The van der Waals surface area contributed by atoms with Crippen LogP contribution in [0.15, 0.2) is 27.7 Å².